The Morgan fingerprint density at radius 2 is 1.77 bits per heavy atom. The maximum absolute atomic E-state index is 14.2. The highest BCUT2D eigenvalue weighted by atomic mass is 19.1. The minimum Gasteiger partial charge on any atom is -0.497 e. The minimum atomic E-state index is -0.567. The predicted molar refractivity (Wildman–Crippen MR) is 82.7 cm³/mol. The summed E-state index contributed by atoms with van der Waals surface area (Å²) in [5.74, 6) is -0.344. The van der Waals surface area contributed by atoms with Gasteiger partial charge in [-0.15, -0.1) is 0 Å². The summed E-state index contributed by atoms with van der Waals surface area (Å²) in [6.07, 6.45) is 0. The van der Waals surface area contributed by atoms with Crippen LogP contribution >= 0.6 is 0 Å². The molecule has 2 aromatic carbocycles. The van der Waals surface area contributed by atoms with Crippen molar-refractivity contribution in [1.29, 1.82) is 0 Å². The monoisotopic (exact) mass is 304 g/mol. The highest BCUT2D eigenvalue weighted by Crippen LogP contribution is 2.35. The second kappa shape index (κ2) is 5.93. The Bertz CT molecular complexity index is 690. The quantitative estimate of drug-likeness (QED) is 0.844. The molecule has 1 aliphatic rings. The van der Waals surface area contributed by atoms with Crippen LogP contribution in [0, 0.1) is 11.6 Å². The van der Waals surface area contributed by atoms with E-state index < -0.39 is 11.6 Å². The van der Waals surface area contributed by atoms with Gasteiger partial charge in [0.15, 0.2) is 0 Å². The van der Waals surface area contributed by atoms with Gasteiger partial charge in [-0.05, 0) is 42.9 Å². The average molecular weight is 304 g/mol. The van der Waals surface area contributed by atoms with E-state index in [0.29, 0.717) is 12.2 Å². The van der Waals surface area contributed by atoms with Gasteiger partial charge in [0.1, 0.15) is 17.4 Å². The van der Waals surface area contributed by atoms with Crippen LogP contribution in [0.2, 0.25) is 0 Å². The van der Waals surface area contributed by atoms with Crippen LogP contribution in [0.1, 0.15) is 5.56 Å². The van der Waals surface area contributed by atoms with Crippen LogP contribution in [0.5, 0.6) is 5.75 Å². The number of methoxy groups -OCH3 is 1. The normalized spacial score (nSPS) is 15.4. The van der Waals surface area contributed by atoms with Crippen molar-refractivity contribution in [3.05, 3.63) is 53.6 Å². The Labute approximate surface area is 128 Å². The van der Waals surface area contributed by atoms with E-state index >= 15 is 0 Å². The van der Waals surface area contributed by atoms with E-state index in [1.165, 1.54) is 12.1 Å². The lowest BCUT2D eigenvalue weighted by Gasteiger charge is -2.25. The molecule has 0 amide bonds. The van der Waals surface area contributed by atoms with Gasteiger partial charge in [-0.25, -0.2) is 8.78 Å². The number of benzene rings is 2. The fraction of sp³-hybridized carbons (Fsp3) is 0.294. The van der Waals surface area contributed by atoms with Crippen molar-refractivity contribution in [3.63, 3.8) is 0 Å². The van der Waals surface area contributed by atoms with E-state index in [1.807, 2.05) is 30.1 Å². The molecule has 1 aliphatic heterocycles. The Kier molecular flexibility index (Phi) is 3.98. The molecule has 1 heterocycles. The number of likely N-dealkylation sites (N-methyl/N-ethyl adjacent to an activating group) is 1. The lowest BCUT2D eigenvalue weighted by Crippen LogP contribution is -2.26. The molecular weight excluding hydrogens is 286 g/mol. The summed E-state index contributed by atoms with van der Waals surface area (Å²) in [7, 11) is 3.65. The summed E-state index contributed by atoms with van der Waals surface area (Å²) < 4.78 is 32.6. The maximum atomic E-state index is 14.2. The molecule has 0 N–H and O–H groups in total. The van der Waals surface area contributed by atoms with E-state index in [9.17, 15) is 8.78 Å². The number of nitrogens with zero attached hydrogens (tertiary/aromatic N) is 2. The first kappa shape index (κ1) is 14.8. The maximum Gasteiger partial charge on any atom is 0.149 e. The number of anilines is 2. The van der Waals surface area contributed by atoms with Crippen LogP contribution in [0.25, 0.3) is 0 Å². The molecule has 0 aromatic heterocycles. The first-order chi connectivity index (χ1) is 10.6. The van der Waals surface area contributed by atoms with E-state index in [-0.39, 0.29) is 0 Å². The zero-order valence-corrected chi connectivity index (χ0v) is 12.6. The Hall–Kier alpha value is -2.14. The summed E-state index contributed by atoms with van der Waals surface area (Å²) in [6, 6.07) is 9.45. The van der Waals surface area contributed by atoms with Crippen molar-refractivity contribution >= 4 is 11.4 Å². The zero-order chi connectivity index (χ0) is 15.7. The first-order valence-corrected chi connectivity index (χ1v) is 7.16. The molecule has 0 unspecified atom stereocenters. The number of fused-ring (bicyclic) bond motifs is 1. The molecule has 3 rings (SSSR count). The Morgan fingerprint density at radius 1 is 1.00 bits per heavy atom. The van der Waals surface area contributed by atoms with Gasteiger partial charge in [-0.3, -0.25) is 0 Å². The van der Waals surface area contributed by atoms with E-state index in [2.05, 4.69) is 4.90 Å². The lowest BCUT2D eigenvalue weighted by molar-refractivity contribution is 0.342. The molecule has 3 nitrogen and oxygen atoms in total. The first-order valence-electron chi connectivity index (χ1n) is 7.16. The average Bonchev–Trinajstić information content (AvgIpc) is 2.65. The molecule has 0 aliphatic carbocycles. The van der Waals surface area contributed by atoms with E-state index in [4.69, 9.17) is 4.74 Å². The van der Waals surface area contributed by atoms with Crippen molar-refractivity contribution in [1.82, 2.24) is 4.90 Å². The van der Waals surface area contributed by atoms with Crippen LogP contribution in [0.15, 0.2) is 36.4 Å². The number of hydrogen-bond donors (Lipinski definition) is 0. The molecule has 0 atom stereocenters. The summed E-state index contributed by atoms with van der Waals surface area (Å²) in [4.78, 5) is 4.06. The fourth-order valence-electron chi connectivity index (χ4n) is 2.79. The number of halogens is 2. The molecular formula is C17H18F2N2O. The Morgan fingerprint density at radius 3 is 2.50 bits per heavy atom. The number of rotatable bonds is 2. The van der Waals surface area contributed by atoms with E-state index in [0.717, 1.165) is 36.2 Å². The largest absolute Gasteiger partial charge is 0.497 e. The highest BCUT2D eigenvalue weighted by molar-refractivity contribution is 5.68. The summed E-state index contributed by atoms with van der Waals surface area (Å²) >= 11 is 0. The Balaban J connectivity index is 2.09. The fourth-order valence-corrected chi connectivity index (χ4v) is 2.79. The molecule has 0 spiro atoms. The van der Waals surface area contributed by atoms with Crippen LogP contribution in [0.3, 0.4) is 0 Å². The topological polar surface area (TPSA) is 15.7 Å². The van der Waals surface area contributed by atoms with Gasteiger partial charge in [-0.1, -0.05) is 0 Å². The number of ether oxygens (including phenoxy) is 1. The third kappa shape index (κ3) is 2.76. The molecule has 0 radical (unpaired) electrons. The predicted octanol–water partition coefficient (Wildman–Crippen LogP) is 3.56. The second-order valence-corrected chi connectivity index (χ2v) is 5.48. The zero-order valence-electron chi connectivity index (χ0n) is 12.6. The van der Waals surface area contributed by atoms with Crippen LogP contribution in [-0.2, 0) is 6.54 Å². The van der Waals surface area contributed by atoms with Crippen LogP contribution < -0.4 is 9.64 Å². The van der Waals surface area contributed by atoms with Crippen molar-refractivity contribution < 1.29 is 13.5 Å². The van der Waals surface area contributed by atoms with Crippen molar-refractivity contribution in [2.24, 2.45) is 0 Å². The van der Waals surface area contributed by atoms with Crippen molar-refractivity contribution in [2.45, 2.75) is 6.54 Å². The van der Waals surface area contributed by atoms with Crippen LogP contribution in [-0.4, -0.2) is 32.1 Å². The van der Waals surface area contributed by atoms with Crippen molar-refractivity contribution in [2.75, 3.05) is 32.1 Å². The molecule has 116 valence electrons. The van der Waals surface area contributed by atoms with Gasteiger partial charge in [0.05, 0.1) is 12.8 Å². The van der Waals surface area contributed by atoms with Gasteiger partial charge < -0.3 is 14.5 Å². The second-order valence-electron chi connectivity index (χ2n) is 5.48. The SMILES string of the molecule is COc1ccc2c(c1)CN(C)CCN2c1ccc(F)cc1F. The van der Waals surface area contributed by atoms with E-state index in [1.54, 1.807) is 7.11 Å². The molecule has 2 aromatic rings. The van der Waals surface area contributed by atoms with Crippen LogP contribution in [0.4, 0.5) is 20.2 Å². The smallest absolute Gasteiger partial charge is 0.149 e. The minimum absolute atomic E-state index is 0.392. The number of hydrogen-bond acceptors (Lipinski definition) is 3. The molecule has 0 bridgehead atoms. The molecule has 5 heteroatoms. The third-order valence-electron chi connectivity index (χ3n) is 3.92. The van der Waals surface area contributed by atoms with Gasteiger partial charge in [-0.2, -0.15) is 0 Å². The summed E-state index contributed by atoms with van der Waals surface area (Å²) in [6.45, 7) is 2.18. The lowest BCUT2D eigenvalue weighted by atomic mass is 10.1. The van der Waals surface area contributed by atoms with Gasteiger partial charge >= 0.3 is 0 Å². The standard InChI is InChI=1S/C17H18F2N2O/c1-20-7-8-21(17-5-3-13(18)10-15(17)19)16-6-4-14(22-2)9-12(16)11-20/h3-6,9-10H,7-8,11H2,1-2H3. The van der Waals surface area contributed by atoms with Crippen molar-refractivity contribution in [3.8, 4) is 5.75 Å². The third-order valence-corrected chi connectivity index (χ3v) is 3.92. The highest BCUT2D eigenvalue weighted by Gasteiger charge is 2.22. The molecule has 0 saturated carbocycles. The summed E-state index contributed by atoms with van der Waals surface area (Å²) in [5.41, 5.74) is 2.38. The summed E-state index contributed by atoms with van der Waals surface area (Å²) in [5, 5.41) is 0. The molecule has 0 fully saturated rings. The van der Waals surface area contributed by atoms with Gasteiger partial charge in [0.2, 0.25) is 0 Å². The van der Waals surface area contributed by atoms with Gasteiger partial charge in [0, 0.05) is 31.4 Å². The van der Waals surface area contributed by atoms with Gasteiger partial charge in [0.25, 0.3) is 0 Å². The molecule has 22 heavy (non-hydrogen) atoms. The molecule has 0 saturated heterocycles.